The van der Waals surface area contributed by atoms with Crippen LogP contribution in [0.4, 0.5) is 4.39 Å². The topological polar surface area (TPSA) is 20.3 Å². The molecule has 0 bridgehead atoms. The summed E-state index contributed by atoms with van der Waals surface area (Å²) < 4.78 is 24.5. The standard InChI is InChI=1S/C17H20FNOS/c1-13-10-16(18)7-6-15(13)12-19(2)11-14-4-8-17(9-5-14)21(3)20/h4-10H,11-12H2,1-3H3. The summed E-state index contributed by atoms with van der Waals surface area (Å²) in [6, 6.07) is 12.7. The lowest BCUT2D eigenvalue weighted by Crippen LogP contribution is -2.17. The second-order valence-corrected chi connectivity index (χ2v) is 6.72. The molecule has 0 aliphatic carbocycles. The summed E-state index contributed by atoms with van der Waals surface area (Å²) in [6.45, 7) is 3.50. The summed E-state index contributed by atoms with van der Waals surface area (Å²) in [6.07, 6.45) is 1.68. The van der Waals surface area contributed by atoms with E-state index >= 15 is 0 Å². The minimum absolute atomic E-state index is 0.193. The van der Waals surface area contributed by atoms with Crippen LogP contribution in [-0.4, -0.2) is 22.4 Å². The van der Waals surface area contributed by atoms with Crippen molar-refractivity contribution in [3.8, 4) is 0 Å². The molecule has 0 radical (unpaired) electrons. The van der Waals surface area contributed by atoms with Gasteiger partial charge >= 0.3 is 0 Å². The fourth-order valence-corrected chi connectivity index (χ4v) is 2.80. The number of halogens is 1. The van der Waals surface area contributed by atoms with Crippen molar-refractivity contribution >= 4 is 10.8 Å². The van der Waals surface area contributed by atoms with E-state index in [0.717, 1.165) is 29.1 Å². The third-order valence-electron chi connectivity index (χ3n) is 3.45. The second-order valence-electron chi connectivity index (χ2n) is 5.34. The maximum absolute atomic E-state index is 13.1. The Hall–Kier alpha value is -1.52. The van der Waals surface area contributed by atoms with Crippen molar-refractivity contribution < 1.29 is 8.60 Å². The van der Waals surface area contributed by atoms with Crippen molar-refractivity contribution in [2.75, 3.05) is 13.3 Å². The van der Waals surface area contributed by atoms with Crippen molar-refractivity contribution in [1.82, 2.24) is 4.90 Å². The lowest BCUT2D eigenvalue weighted by Gasteiger charge is -2.18. The molecule has 112 valence electrons. The van der Waals surface area contributed by atoms with E-state index in [9.17, 15) is 8.60 Å². The first-order chi connectivity index (χ1) is 9.95. The van der Waals surface area contributed by atoms with Crippen LogP contribution in [0.15, 0.2) is 47.4 Å². The number of hydrogen-bond acceptors (Lipinski definition) is 2. The molecule has 0 saturated carbocycles. The number of rotatable bonds is 5. The first-order valence-corrected chi connectivity index (χ1v) is 8.37. The van der Waals surface area contributed by atoms with Crippen LogP contribution in [0.5, 0.6) is 0 Å². The molecular weight excluding hydrogens is 285 g/mol. The van der Waals surface area contributed by atoms with E-state index in [0.29, 0.717) is 0 Å². The Balaban J connectivity index is 2.01. The fourth-order valence-electron chi connectivity index (χ4n) is 2.28. The van der Waals surface area contributed by atoms with Crippen molar-refractivity contribution in [1.29, 1.82) is 0 Å². The predicted molar refractivity (Wildman–Crippen MR) is 85.1 cm³/mol. The van der Waals surface area contributed by atoms with Crippen LogP contribution in [0.2, 0.25) is 0 Å². The molecule has 0 heterocycles. The first kappa shape index (κ1) is 15.9. The van der Waals surface area contributed by atoms with Gasteiger partial charge in [0.1, 0.15) is 5.82 Å². The van der Waals surface area contributed by atoms with Crippen molar-refractivity contribution in [3.05, 3.63) is 65.0 Å². The third-order valence-corrected chi connectivity index (χ3v) is 4.39. The van der Waals surface area contributed by atoms with E-state index in [4.69, 9.17) is 0 Å². The highest BCUT2D eigenvalue weighted by Gasteiger charge is 2.06. The Morgan fingerprint density at radius 1 is 1.10 bits per heavy atom. The molecule has 4 heteroatoms. The van der Waals surface area contributed by atoms with Crippen LogP contribution in [-0.2, 0) is 23.9 Å². The Labute approximate surface area is 128 Å². The van der Waals surface area contributed by atoms with E-state index in [1.54, 1.807) is 12.3 Å². The highest BCUT2D eigenvalue weighted by Crippen LogP contribution is 2.14. The molecule has 0 saturated heterocycles. The van der Waals surface area contributed by atoms with Crippen LogP contribution in [0, 0.1) is 12.7 Å². The summed E-state index contributed by atoms with van der Waals surface area (Å²) in [5.41, 5.74) is 3.27. The summed E-state index contributed by atoms with van der Waals surface area (Å²) in [5, 5.41) is 0. The number of nitrogens with zero attached hydrogens (tertiary/aromatic N) is 1. The highest BCUT2D eigenvalue weighted by molar-refractivity contribution is 7.84. The van der Waals surface area contributed by atoms with Gasteiger partial charge in [0.25, 0.3) is 0 Å². The predicted octanol–water partition coefficient (Wildman–Crippen LogP) is 3.50. The second kappa shape index (κ2) is 6.96. The summed E-state index contributed by atoms with van der Waals surface area (Å²) >= 11 is 0. The molecule has 0 amide bonds. The summed E-state index contributed by atoms with van der Waals surface area (Å²) in [4.78, 5) is 3.02. The summed E-state index contributed by atoms with van der Waals surface area (Å²) in [5.74, 6) is -0.193. The molecule has 2 aromatic rings. The van der Waals surface area contributed by atoms with Gasteiger partial charge in [0, 0.05) is 35.0 Å². The zero-order valence-electron chi connectivity index (χ0n) is 12.6. The zero-order chi connectivity index (χ0) is 15.4. The van der Waals surface area contributed by atoms with Crippen LogP contribution >= 0.6 is 0 Å². The third kappa shape index (κ3) is 4.48. The quantitative estimate of drug-likeness (QED) is 0.842. The molecule has 2 nitrogen and oxygen atoms in total. The van der Waals surface area contributed by atoms with Gasteiger partial charge in [-0.1, -0.05) is 18.2 Å². The number of benzene rings is 2. The van der Waals surface area contributed by atoms with E-state index in [2.05, 4.69) is 4.90 Å². The number of hydrogen-bond donors (Lipinski definition) is 0. The van der Waals surface area contributed by atoms with Gasteiger partial charge in [-0.05, 0) is 54.9 Å². The average molecular weight is 305 g/mol. The maximum Gasteiger partial charge on any atom is 0.123 e. The van der Waals surface area contributed by atoms with Gasteiger partial charge in [-0.15, -0.1) is 0 Å². The molecule has 0 fully saturated rings. The minimum atomic E-state index is -0.936. The summed E-state index contributed by atoms with van der Waals surface area (Å²) in [7, 11) is 1.10. The fraction of sp³-hybridized carbons (Fsp3) is 0.294. The van der Waals surface area contributed by atoms with Gasteiger partial charge in [-0.3, -0.25) is 9.11 Å². The Bertz CT molecular complexity index is 640. The molecule has 1 atom stereocenters. The van der Waals surface area contributed by atoms with Gasteiger partial charge in [0.15, 0.2) is 0 Å². The van der Waals surface area contributed by atoms with Gasteiger partial charge in [-0.25, -0.2) is 4.39 Å². The van der Waals surface area contributed by atoms with Crippen LogP contribution in [0.1, 0.15) is 16.7 Å². The molecule has 2 aromatic carbocycles. The molecular formula is C17H20FNOS. The lowest BCUT2D eigenvalue weighted by molar-refractivity contribution is 0.318. The van der Waals surface area contributed by atoms with E-state index < -0.39 is 10.8 Å². The highest BCUT2D eigenvalue weighted by atomic mass is 32.2. The van der Waals surface area contributed by atoms with E-state index in [1.807, 2.05) is 44.3 Å². The normalized spacial score (nSPS) is 12.6. The van der Waals surface area contributed by atoms with Gasteiger partial charge < -0.3 is 0 Å². The molecule has 1 unspecified atom stereocenters. The molecule has 0 aliphatic heterocycles. The first-order valence-electron chi connectivity index (χ1n) is 6.81. The average Bonchev–Trinajstić information content (AvgIpc) is 2.42. The van der Waals surface area contributed by atoms with Crippen molar-refractivity contribution in [2.45, 2.75) is 24.9 Å². The maximum atomic E-state index is 13.1. The molecule has 21 heavy (non-hydrogen) atoms. The minimum Gasteiger partial charge on any atom is -0.298 e. The molecule has 0 N–H and O–H groups in total. The SMILES string of the molecule is Cc1cc(F)ccc1CN(C)Cc1ccc(S(C)=O)cc1. The largest absolute Gasteiger partial charge is 0.298 e. The van der Waals surface area contributed by atoms with Crippen molar-refractivity contribution in [2.24, 2.45) is 0 Å². The van der Waals surface area contributed by atoms with Crippen LogP contribution in [0.3, 0.4) is 0 Å². The zero-order valence-corrected chi connectivity index (χ0v) is 13.4. The van der Waals surface area contributed by atoms with Crippen LogP contribution in [0.25, 0.3) is 0 Å². The van der Waals surface area contributed by atoms with Gasteiger partial charge in [-0.2, -0.15) is 0 Å². The van der Waals surface area contributed by atoms with Crippen LogP contribution < -0.4 is 0 Å². The monoisotopic (exact) mass is 305 g/mol. The lowest BCUT2D eigenvalue weighted by atomic mass is 10.1. The molecule has 0 aromatic heterocycles. The van der Waals surface area contributed by atoms with Crippen molar-refractivity contribution in [3.63, 3.8) is 0 Å². The smallest absolute Gasteiger partial charge is 0.123 e. The Morgan fingerprint density at radius 2 is 1.76 bits per heavy atom. The molecule has 2 rings (SSSR count). The Morgan fingerprint density at radius 3 is 2.33 bits per heavy atom. The van der Waals surface area contributed by atoms with Gasteiger partial charge in [0.2, 0.25) is 0 Å². The molecule has 0 spiro atoms. The Kier molecular flexibility index (Phi) is 5.26. The van der Waals surface area contributed by atoms with E-state index in [-0.39, 0.29) is 5.82 Å². The van der Waals surface area contributed by atoms with E-state index in [1.165, 1.54) is 11.6 Å². The molecule has 0 aliphatic rings. The number of aryl methyl sites for hydroxylation is 1. The van der Waals surface area contributed by atoms with Gasteiger partial charge in [0.05, 0.1) is 0 Å².